The molecule has 0 aromatic heterocycles. The smallest absolute Gasteiger partial charge is 0.243 e. The SMILES string of the molecule is CCS(=O)(=O)N1CCc2c(cccc2NCC(=O)Nc2cccc(Cl)c2)C1. The summed E-state index contributed by atoms with van der Waals surface area (Å²) in [6.07, 6.45) is 0.619. The summed E-state index contributed by atoms with van der Waals surface area (Å²) in [5.74, 6) is -0.0786. The monoisotopic (exact) mass is 407 g/mol. The van der Waals surface area contributed by atoms with Crippen molar-refractivity contribution in [3.8, 4) is 0 Å². The number of hydrogen-bond donors (Lipinski definition) is 2. The summed E-state index contributed by atoms with van der Waals surface area (Å²) in [5, 5.41) is 6.52. The van der Waals surface area contributed by atoms with Crippen molar-refractivity contribution in [2.75, 3.05) is 29.5 Å². The minimum absolute atomic E-state index is 0.101. The fourth-order valence-corrected chi connectivity index (χ4v) is 4.38. The third-order valence-electron chi connectivity index (χ3n) is 4.54. The highest BCUT2D eigenvalue weighted by atomic mass is 35.5. The van der Waals surface area contributed by atoms with Crippen molar-refractivity contribution >= 4 is 38.9 Å². The molecule has 2 aromatic rings. The second-order valence-corrected chi connectivity index (χ2v) is 9.03. The number of carbonyl (C=O) groups excluding carboxylic acids is 1. The molecular weight excluding hydrogens is 386 g/mol. The topological polar surface area (TPSA) is 78.5 Å². The van der Waals surface area contributed by atoms with E-state index in [9.17, 15) is 13.2 Å². The summed E-state index contributed by atoms with van der Waals surface area (Å²) in [6, 6.07) is 12.7. The molecule has 1 aliphatic rings. The first-order valence-electron chi connectivity index (χ1n) is 8.77. The first-order chi connectivity index (χ1) is 12.9. The minimum atomic E-state index is -3.20. The Bertz CT molecular complexity index is 947. The van der Waals surface area contributed by atoms with Gasteiger partial charge in [-0.1, -0.05) is 29.8 Å². The predicted octanol–water partition coefficient (Wildman–Crippen LogP) is 3.10. The molecule has 8 heteroatoms. The van der Waals surface area contributed by atoms with Crippen molar-refractivity contribution in [3.63, 3.8) is 0 Å². The van der Waals surface area contributed by atoms with Crippen molar-refractivity contribution in [2.45, 2.75) is 19.9 Å². The molecule has 6 nitrogen and oxygen atoms in total. The van der Waals surface area contributed by atoms with Crippen LogP contribution in [0.4, 0.5) is 11.4 Å². The summed E-state index contributed by atoms with van der Waals surface area (Å²) < 4.78 is 25.7. The summed E-state index contributed by atoms with van der Waals surface area (Å²) in [4.78, 5) is 12.2. The van der Waals surface area contributed by atoms with E-state index in [0.717, 1.165) is 16.8 Å². The van der Waals surface area contributed by atoms with Gasteiger partial charge in [-0.15, -0.1) is 0 Å². The molecule has 144 valence electrons. The molecule has 0 bridgehead atoms. The number of sulfonamides is 1. The average Bonchev–Trinajstić information content (AvgIpc) is 2.65. The molecule has 0 saturated carbocycles. The van der Waals surface area contributed by atoms with Gasteiger partial charge < -0.3 is 10.6 Å². The quantitative estimate of drug-likeness (QED) is 0.771. The summed E-state index contributed by atoms with van der Waals surface area (Å²) in [7, 11) is -3.20. The first kappa shape index (κ1) is 19.7. The average molecular weight is 408 g/mol. The Balaban J connectivity index is 1.65. The van der Waals surface area contributed by atoms with E-state index in [0.29, 0.717) is 30.2 Å². The lowest BCUT2D eigenvalue weighted by atomic mass is 9.99. The highest BCUT2D eigenvalue weighted by Crippen LogP contribution is 2.27. The van der Waals surface area contributed by atoms with Crippen molar-refractivity contribution in [2.24, 2.45) is 0 Å². The molecule has 0 fully saturated rings. The molecule has 0 saturated heterocycles. The van der Waals surface area contributed by atoms with Crippen LogP contribution in [-0.4, -0.2) is 37.5 Å². The fourth-order valence-electron chi connectivity index (χ4n) is 3.12. The third kappa shape index (κ3) is 4.80. The van der Waals surface area contributed by atoms with Gasteiger partial charge in [-0.05, 0) is 48.7 Å². The third-order valence-corrected chi connectivity index (χ3v) is 6.60. The van der Waals surface area contributed by atoms with E-state index in [1.807, 2.05) is 18.2 Å². The van der Waals surface area contributed by atoms with Crippen LogP contribution in [0.15, 0.2) is 42.5 Å². The lowest BCUT2D eigenvalue weighted by Gasteiger charge is -2.29. The van der Waals surface area contributed by atoms with Crippen LogP contribution < -0.4 is 10.6 Å². The van der Waals surface area contributed by atoms with Gasteiger partial charge in [0.2, 0.25) is 15.9 Å². The second kappa shape index (κ2) is 8.29. The second-order valence-electron chi connectivity index (χ2n) is 6.34. The molecule has 0 atom stereocenters. The van der Waals surface area contributed by atoms with E-state index in [-0.39, 0.29) is 18.2 Å². The van der Waals surface area contributed by atoms with E-state index in [1.165, 1.54) is 4.31 Å². The Morgan fingerprint density at radius 2 is 2.00 bits per heavy atom. The van der Waals surface area contributed by atoms with E-state index in [4.69, 9.17) is 11.6 Å². The Labute approximate surface area is 164 Å². The molecule has 0 unspecified atom stereocenters. The zero-order valence-electron chi connectivity index (χ0n) is 15.0. The van der Waals surface area contributed by atoms with Crippen LogP contribution in [0.2, 0.25) is 5.02 Å². The van der Waals surface area contributed by atoms with Crippen molar-refractivity contribution < 1.29 is 13.2 Å². The number of carbonyl (C=O) groups is 1. The number of amides is 1. The molecule has 27 heavy (non-hydrogen) atoms. The number of anilines is 2. The van der Waals surface area contributed by atoms with Gasteiger partial charge in [-0.2, -0.15) is 4.31 Å². The Morgan fingerprint density at radius 1 is 1.22 bits per heavy atom. The standard InChI is InChI=1S/C19H22ClN3O3S/c1-2-27(25,26)23-10-9-17-14(13-23)5-3-8-18(17)21-12-19(24)22-16-7-4-6-15(20)11-16/h3-8,11,21H,2,9-10,12-13H2,1H3,(H,22,24). The molecule has 1 aliphatic heterocycles. The van der Waals surface area contributed by atoms with E-state index in [2.05, 4.69) is 10.6 Å². The summed E-state index contributed by atoms with van der Waals surface area (Å²) in [6.45, 7) is 2.59. The zero-order valence-corrected chi connectivity index (χ0v) is 16.6. The lowest BCUT2D eigenvalue weighted by Crippen LogP contribution is -2.37. The maximum atomic E-state index is 12.2. The van der Waals surface area contributed by atoms with Crippen LogP contribution in [0.1, 0.15) is 18.1 Å². The van der Waals surface area contributed by atoms with Crippen molar-refractivity contribution in [3.05, 3.63) is 58.6 Å². The van der Waals surface area contributed by atoms with Gasteiger partial charge in [-0.25, -0.2) is 8.42 Å². The first-order valence-corrected chi connectivity index (χ1v) is 10.8. The molecule has 0 spiro atoms. The Morgan fingerprint density at radius 3 is 2.74 bits per heavy atom. The van der Waals surface area contributed by atoms with Gasteiger partial charge in [0.05, 0.1) is 12.3 Å². The van der Waals surface area contributed by atoms with Crippen molar-refractivity contribution in [1.29, 1.82) is 0 Å². The van der Waals surface area contributed by atoms with Crippen LogP contribution >= 0.6 is 11.6 Å². The van der Waals surface area contributed by atoms with Crippen LogP contribution in [0.25, 0.3) is 0 Å². The zero-order chi connectivity index (χ0) is 19.4. The number of fused-ring (bicyclic) bond motifs is 1. The normalized spacial score (nSPS) is 14.4. The highest BCUT2D eigenvalue weighted by Gasteiger charge is 2.26. The molecule has 0 aliphatic carbocycles. The number of benzene rings is 2. The van der Waals surface area contributed by atoms with Gasteiger partial charge in [-0.3, -0.25) is 4.79 Å². The summed E-state index contributed by atoms with van der Waals surface area (Å²) >= 11 is 5.92. The van der Waals surface area contributed by atoms with Crippen LogP contribution in [0, 0.1) is 0 Å². The number of rotatable bonds is 6. The maximum Gasteiger partial charge on any atom is 0.243 e. The molecule has 2 N–H and O–H groups in total. The largest absolute Gasteiger partial charge is 0.376 e. The Hall–Kier alpha value is -2.09. The molecule has 3 rings (SSSR count). The van der Waals surface area contributed by atoms with Crippen LogP contribution in [-0.2, 0) is 27.8 Å². The molecule has 0 radical (unpaired) electrons. The van der Waals surface area contributed by atoms with Gasteiger partial charge in [0.1, 0.15) is 0 Å². The fraction of sp³-hybridized carbons (Fsp3) is 0.316. The van der Waals surface area contributed by atoms with Crippen LogP contribution in [0.3, 0.4) is 0 Å². The Kier molecular flexibility index (Phi) is 6.04. The molecule has 1 amide bonds. The molecular formula is C19H22ClN3O3S. The van der Waals surface area contributed by atoms with E-state index in [1.54, 1.807) is 31.2 Å². The number of nitrogens with zero attached hydrogens (tertiary/aromatic N) is 1. The number of nitrogens with one attached hydrogen (secondary N) is 2. The number of hydrogen-bond acceptors (Lipinski definition) is 4. The highest BCUT2D eigenvalue weighted by molar-refractivity contribution is 7.89. The van der Waals surface area contributed by atoms with Gasteiger partial charge in [0.25, 0.3) is 0 Å². The van der Waals surface area contributed by atoms with Gasteiger partial charge >= 0.3 is 0 Å². The minimum Gasteiger partial charge on any atom is -0.376 e. The van der Waals surface area contributed by atoms with Gasteiger partial charge in [0, 0.05) is 29.5 Å². The van der Waals surface area contributed by atoms with E-state index < -0.39 is 10.0 Å². The predicted molar refractivity (Wildman–Crippen MR) is 109 cm³/mol. The molecule has 2 aromatic carbocycles. The lowest BCUT2D eigenvalue weighted by molar-refractivity contribution is -0.114. The summed E-state index contributed by atoms with van der Waals surface area (Å²) in [5.41, 5.74) is 3.54. The number of halogens is 1. The van der Waals surface area contributed by atoms with Gasteiger partial charge in [0.15, 0.2) is 0 Å². The van der Waals surface area contributed by atoms with Crippen molar-refractivity contribution in [1.82, 2.24) is 4.31 Å². The maximum absolute atomic E-state index is 12.2. The molecule has 1 heterocycles. The van der Waals surface area contributed by atoms with Crippen LogP contribution in [0.5, 0.6) is 0 Å². The van der Waals surface area contributed by atoms with E-state index >= 15 is 0 Å².